The zero-order chi connectivity index (χ0) is 17.9. The van der Waals surface area contributed by atoms with E-state index < -0.39 is 6.09 Å². The topological polar surface area (TPSA) is 62.8 Å². The third-order valence-corrected chi connectivity index (χ3v) is 4.66. The molecular formula is C19H31N3O3. The zero-order valence-electron chi connectivity index (χ0n) is 15.4. The number of hydrogen-bond donors (Lipinski definition) is 2. The number of morpholine rings is 1. The molecule has 1 aliphatic rings. The van der Waals surface area contributed by atoms with Crippen LogP contribution in [-0.4, -0.2) is 63.0 Å². The lowest BCUT2D eigenvalue weighted by atomic mass is 9.99. The number of ether oxygens (including phenoxy) is 2. The van der Waals surface area contributed by atoms with Crippen molar-refractivity contribution in [1.29, 1.82) is 0 Å². The number of nitrogens with zero attached hydrogens (tertiary/aromatic N) is 1. The summed E-state index contributed by atoms with van der Waals surface area (Å²) >= 11 is 0. The third kappa shape index (κ3) is 7.42. The van der Waals surface area contributed by atoms with Crippen LogP contribution in [0.3, 0.4) is 0 Å². The van der Waals surface area contributed by atoms with E-state index in [1.165, 1.54) is 0 Å². The Labute approximate surface area is 150 Å². The Morgan fingerprint density at radius 3 is 2.68 bits per heavy atom. The molecule has 25 heavy (non-hydrogen) atoms. The van der Waals surface area contributed by atoms with Crippen molar-refractivity contribution in [2.45, 2.75) is 26.3 Å². The highest BCUT2D eigenvalue weighted by molar-refractivity contribution is 5.70. The van der Waals surface area contributed by atoms with Gasteiger partial charge in [-0.05, 0) is 18.1 Å². The molecule has 1 saturated heterocycles. The molecule has 6 nitrogen and oxygen atoms in total. The summed E-state index contributed by atoms with van der Waals surface area (Å²) in [5.74, 6) is 0.933. The monoisotopic (exact) mass is 349 g/mol. The highest BCUT2D eigenvalue weighted by atomic mass is 16.6. The van der Waals surface area contributed by atoms with Crippen molar-refractivity contribution in [3.05, 3.63) is 30.3 Å². The van der Waals surface area contributed by atoms with Gasteiger partial charge in [0.25, 0.3) is 0 Å². The molecule has 0 aliphatic carbocycles. The molecule has 140 valence electrons. The SMILES string of the molecule is CCC(C)C(CNCCN1CCOCC1)NC(=O)Oc1ccccc1. The van der Waals surface area contributed by atoms with E-state index in [4.69, 9.17) is 9.47 Å². The van der Waals surface area contributed by atoms with Crippen molar-refractivity contribution in [1.82, 2.24) is 15.5 Å². The number of carbonyl (C=O) groups is 1. The van der Waals surface area contributed by atoms with Crippen molar-refractivity contribution in [2.24, 2.45) is 5.92 Å². The molecule has 0 radical (unpaired) electrons. The Kier molecular flexibility index (Phi) is 8.72. The van der Waals surface area contributed by atoms with Crippen LogP contribution >= 0.6 is 0 Å². The maximum Gasteiger partial charge on any atom is 0.412 e. The summed E-state index contributed by atoms with van der Waals surface area (Å²) in [4.78, 5) is 14.5. The van der Waals surface area contributed by atoms with Gasteiger partial charge in [-0.15, -0.1) is 0 Å². The predicted molar refractivity (Wildman–Crippen MR) is 99.0 cm³/mol. The van der Waals surface area contributed by atoms with Gasteiger partial charge < -0.3 is 20.1 Å². The van der Waals surface area contributed by atoms with E-state index >= 15 is 0 Å². The molecule has 0 bridgehead atoms. The van der Waals surface area contributed by atoms with Crippen LogP contribution in [0.15, 0.2) is 30.3 Å². The summed E-state index contributed by atoms with van der Waals surface area (Å²) in [6.07, 6.45) is 0.605. The van der Waals surface area contributed by atoms with Crippen LogP contribution in [-0.2, 0) is 4.74 Å². The summed E-state index contributed by atoms with van der Waals surface area (Å²) < 4.78 is 10.7. The van der Waals surface area contributed by atoms with Crippen molar-refractivity contribution in [3.8, 4) is 5.75 Å². The van der Waals surface area contributed by atoms with Crippen LogP contribution in [0.5, 0.6) is 5.75 Å². The first kappa shape index (κ1) is 19.7. The summed E-state index contributed by atoms with van der Waals surface area (Å²) in [7, 11) is 0. The van der Waals surface area contributed by atoms with Gasteiger partial charge in [0.15, 0.2) is 0 Å². The van der Waals surface area contributed by atoms with E-state index in [1.807, 2.05) is 18.2 Å². The quantitative estimate of drug-likeness (QED) is 0.669. The number of benzene rings is 1. The fourth-order valence-electron chi connectivity index (χ4n) is 2.77. The second-order valence-corrected chi connectivity index (χ2v) is 6.50. The maximum absolute atomic E-state index is 12.1. The van der Waals surface area contributed by atoms with Crippen LogP contribution in [0, 0.1) is 5.92 Å². The largest absolute Gasteiger partial charge is 0.412 e. The Balaban J connectivity index is 1.72. The molecule has 1 amide bonds. The van der Waals surface area contributed by atoms with Crippen LogP contribution in [0.1, 0.15) is 20.3 Å². The lowest BCUT2D eigenvalue weighted by molar-refractivity contribution is 0.0383. The molecule has 1 aromatic carbocycles. The van der Waals surface area contributed by atoms with Crippen molar-refractivity contribution < 1.29 is 14.3 Å². The van der Waals surface area contributed by atoms with Gasteiger partial charge in [-0.3, -0.25) is 4.90 Å². The molecule has 2 rings (SSSR count). The first-order valence-corrected chi connectivity index (χ1v) is 9.23. The second kappa shape index (κ2) is 11.1. The van der Waals surface area contributed by atoms with Crippen LogP contribution in [0.4, 0.5) is 4.79 Å². The van der Waals surface area contributed by atoms with Gasteiger partial charge in [-0.1, -0.05) is 38.5 Å². The average Bonchev–Trinajstić information content (AvgIpc) is 2.65. The highest BCUT2D eigenvalue weighted by Crippen LogP contribution is 2.10. The lowest BCUT2D eigenvalue weighted by Crippen LogP contribution is -2.48. The average molecular weight is 349 g/mol. The van der Waals surface area contributed by atoms with Crippen LogP contribution in [0.2, 0.25) is 0 Å². The minimum absolute atomic E-state index is 0.0471. The Bertz CT molecular complexity index is 492. The zero-order valence-corrected chi connectivity index (χ0v) is 15.4. The van der Waals surface area contributed by atoms with E-state index in [-0.39, 0.29) is 6.04 Å². The molecule has 0 aromatic heterocycles. The summed E-state index contributed by atoms with van der Waals surface area (Å²) in [6.45, 7) is 10.6. The molecule has 1 aliphatic heterocycles. The van der Waals surface area contributed by atoms with Gasteiger partial charge in [-0.25, -0.2) is 4.79 Å². The van der Waals surface area contributed by atoms with Gasteiger partial charge in [0, 0.05) is 38.8 Å². The van der Waals surface area contributed by atoms with E-state index in [2.05, 4.69) is 29.4 Å². The van der Waals surface area contributed by atoms with Crippen LogP contribution < -0.4 is 15.4 Å². The molecule has 2 unspecified atom stereocenters. The summed E-state index contributed by atoms with van der Waals surface area (Å²) in [5, 5.41) is 6.46. The minimum Gasteiger partial charge on any atom is -0.410 e. The van der Waals surface area contributed by atoms with Gasteiger partial charge >= 0.3 is 6.09 Å². The Morgan fingerprint density at radius 1 is 1.28 bits per heavy atom. The van der Waals surface area contributed by atoms with E-state index in [1.54, 1.807) is 12.1 Å². The fourth-order valence-corrected chi connectivity index (χ4v) is 2.77. The summed E-state index contributed by atoms with van der Waals surface area (Å²) in [6, 6.07) is 9.19. The first-order valence-electron chi connectivity index (χ1n) is 9.23. The van der Waals surface area contributed by atoms with E-state index in [9.17, 15) is 4.79 Å². The molecule has 0 spiro atoms. The molecule has 1 fully saturated rings. The number of nitrogens with one attached hydrogen (secondary N) is 2. The molecule has 0 saturated carbocycles. The van der Waals surface area contributed by atoms with E-state index in [0.29, 0.717) is 11.7 Å². The number of amides is 1. The number of para-hydroxylation sites is 1. The van der Waals surface area contributed by atoms with Crippen LogP contribution in [0.25, 0.3) is 0 Å². The van der Waals surface area contributed by atoms with Crippen molar-refractivity contribution in [2.75, 3.05) is 45.9 Å². The van der Waals surface area contributed by atoms with Gasteiger partial charge in [0.05, 0.1) is 13.2 Å². The highest BCUT2D eigenvalue weighted by Gasteiger charge is 2.19. The first-order chi connectivity index (χ1) is 12.2. The molecule has 2 N–H and O–H groups in total. The second-order valence-electron chi connectivity index (χ2n) is 6.50. The molecule has 2 atom stereocenters. The normalized spacial score (nSPS) is 17.7. The van der Waals surface area contributed by atoms with Crippen molar-refractivity contribution >= 4 is 6.09 Å². The molecule has 6 heteroatoms. The predicted octanol–water partition coefficient (Wildman–Crippen LogP) is 2.11. The Morgan fingerprint density at radius 2 is 2.00 bits per heavy atom. The third-order valence-electron chi connectivity index (χ3n) is 4.66. The number of carbonyl (C=O) groups excluding carboxylic acids is 1. The number of hydrogen-bond acceptors (Lipinski definition) is 5. The van der Waals surface area contributed by atoms with Gasteiger partial charge in [-0.2, -0.15) is 0 Å². The smallest absolute Gasteiger partial charge is 0.410 e. The maximum atomic E-state index is 12.1. The molecule has 1 heterocycles. The van der Waals surface area contributed by atoms with Crippen molar-refractivity contribution in [3.63, 3.8) is 0 Å². The Hall–Kier alpha value is -1.63. The van der Waals surface area contributed by atoms with E-state index in [0.717, 1.165) is 52.4 Å². The lowest BCUT2D eigenvalue weighted by Gasteiger charge is -2.28. The molecular weight excluding hydrogens is 318 g/mol. The molecule has 1 aromatic rings. The summed E-state index contributed by atoms with van der Waals surface area (Å²) in [5.41, 5.74) is 0. The van der Waals surface area contributed by atoms with Gasteiger partial charge in [0.2, 0.25) is 0 Å². The number of rotatable bonds is 9. The minimum atomic E-state index is -0.397. The van der Waals surface area contributed by atoms with Gasteiger partial charge in [0.1, 0.15) is 5.75 Å². The fraction of sp³-hybridized carbons (Fsp3) is 0.632. The standard InChI is InChI=1S/C19H31N3O3/c1-3-16(2)18(15-20-9-10-22-11-13-24-14-12-22)21-19(23)25-17-7-5-4-6-8-17/h4-8,16,18,20H,3,9-15H2,1-2H3,(H,21,23).